The minimum Gasteiger partial charge on any atom is -0.496 e. The first-order valence-corrected chi connectivity index (χ1v) is 14.0. The summed E-state index contributed by atoms with van der Waals surface area (Å²) in [7, 11) is 1.13. The summed E-state index contributed by atoms with van der Waals surface area (Å²) in [5.41, 5.74) is 6.25. The number of nitrogens with two attached hydrogens (primary N) is 1. The van der Waals surface area contributed by atoms with Crippen LogP contribution in [0.15, 0.2) is 71.6 Å². The van der Waals surface area contributed by atoms with E-state index >= 15 is 4.39 Å². The van der Waals surface area contributed by atoms with Gasteiger partial charge in [0.1, 0.15) is 11.4 Å². The van der Waals surface area contributed by atoms with E-state index in [1.807, 2.05) is 24.3 Å². The Balaban J connectivity index is 1.47. The molecule has 0 amide bonds. The maximum Gasteiger partial charge on any atom is 0.283 e. The van der Waals surface area contributed by atoms with Crippen LogP contribution in [0.2, 0.25) is 0 Å². The number of nitrogens with zero attached hydrogens (tertiary/aromatic N) is 4. The molecular formula is C28H30FN5O4S. The normalized spacial score (nSPS) is 18.5. The smallest absolute Gasteiger partial charge is 0.283 e. The number of nitrogen functional groups attached to an aromatic ring is 1. The highest BCUT2D eigenvalue weighted by Gasteiger charge is 2.41. The van der Waals surface area contributed by atoms with Crippen molar-refractivity contribution in [1.29, 1.82) is 0 Å². The van der Waals surface area contributed by atoms with Crippen LogP contribution in [0.25, 0.3) is 10.8 Å². The van der Waals surface area contributed by atoms with E-state index in [4.69, 9.17) is 10.5 Å². The number of piperidine rings is 1. The molecule has 2 heterocycles. The SMILES string of the molecule is COc1ccccc1C(=O)n1nc(C2CCN(S(=O)(=O)c3cccc4ccccc34)C(N(C)C)C2)c(F)c1N. The molecule has 1 fully saturated rings. The quantitative estimate of drug-likeness (QED) is 0.387. The second-order valence-electron chi connectivity index (χ2n) is 9.76. The zero-order valence-corrected chi connectivity index (χ0v) is 22.7. The molecular weight excluding hydrogens is 521 g/mol. The molecule has 0 spiro atoms. The Morgan fingerprint density at radius 2 is 1.77 bits per heavy atom. The summed E-state index contributed by atoms with van der Waals surface area (Å²) in [4.78, 5) is 15.2. The fourth-order valence-corrected chi connectivity index (χ4v) is 7.15. The van der Waals surface area contributed by atoms with E-state index in [1.54, 1.807) is 61.5 Å². The fraction of sp³-hybridized carbons (Fsp3) is 0.286. The fourth-order valence-electron chi connectivity index (χ4n) is 5.25. The summed E-state index contributed by atoms with van der Waals surface area (Å²) in [5, 5.41) is 5.77. The van der Waals surface area contributed by atoms with Gasteiger partial charge in [0.25, 0.3) is 5.91 Å². The van der Waals surface area contributed by atoms with Crippen LogP contribution in [0, 0.1) is 5.82 Å². The van der Waals surface area contributed by atoms with E-state index in [0.29, 0.717) is 17.6 Å². The van der Waals surface area contributed by atoms with Crippen LogP contribution in [0.5, 0.6) is 5.75 Å². The van der Waals surface area contributed by atoms with Crippen LogP contribution in [-0.2, 0) is 10.0 Å². The third kappa shape index (κ3) is 4.66. The van der Waals surface area contributed by atoms with Crippen LogP contribution in [0.1, 0.15) is 34.8 Å². The Bertz CT molecular complexity index is 1650. The lowest BCUT2D eigenvalue weighted by Crippen LogP contribution is -2.52. The largest absolute Gasteiger partial charge is 0.496 e. The minimum absolute atomic E-state index is 0.0461. The molecule has 1 aliphatic rings. The Morgan fingerprint density at radius 3 is 2.51 bits per heavy atom. The molecule has 204 valence electrons. The minimum atomic E-state index is -3.88. The van der Waals surface area contributed by atoms with Crippen molar-refractivity contribution < 1.29 is 22.3 Å². The molecule has 2 N–H and O–H groups in total. The molecule has 0 aliphatic carbocycles. The van der Waals surface area contributed by atoms with Gasteiger partial charge in [0.05, 0.1) is 23.7 Å². The van der Waals surface area contributed by atoms with Crippen molar-refractivity contribution in [2.75, 3.05) is 33.5 Å². The predicted molar refractivity (Wildman–Crippen MR) is 147 cm³/mol. The van der Waals surface area contributed by atoms with E-state index in [0.717, 1.165) is 10.1 Å². The second kappa shape index (κ2) is 10.4. The zero-order valence-electron chi connectivity index (χ0n) is 21.9. The summed E-state index contributed by atoms with van der Waals surface area (Å²) < 4.78 is 50.8. The van der Waals surface area contributed by atoms with E-state index in [2.05, 4.69) is 5.10 Å². The molecule has 0 bridgehead atoms. The van der Waals surface area contributed by atoms with Gasteiger partial charge in [-0.2, -0.15) is 14.1 Å². The Hall–Kier alpha value is -3.80. The highest BCUT2D eigenvalue weighted by atomic mass is 32.2. The van der Waals surface area contributed by atoms with Crippen molar-refractivity contribution in [3.8, 4) is 5.75 Å². The number of sulfonamides is 1. The molecule has 1 saturated heterocycles. The third-order valence-electron chi connectivity index (χ3n) is 7.26. The summed E-state index contributed by atoms with van der Waals surface area (Å²) in [5.74, 6) is -1.92. The molecule has 11 heteroatoms. The average molecular weight is 552 g/mol. The Labute approximate surface area is 226 Å². The van der Waals surface area contributed by atoms with Crippen molar-refractivity contribution in [2.45, 2.75) is 29.8 Å². The number of aromatic nitrogens is 2. The van der Waals surface area contributed by atoms with Gasteiger partial charge in [-0.05, 0) is 50.5 Å². The Kier molecular flexibility index (Phi) is 7.15. The zero-order chi connectivity index (χ0) is 27.9. The first-order valence-electron chi connectivity index (χ1n) is 12.5. The topological polar surface area (TPSA) is 111 Å². The number of carbonyl (C=O) groups excluding carboxylic acids is 1. The summed E-state index contributed by atoms with van der Waals surface area (Å²) >= 11 is 0. The summed E-state index contributed by atoms with van der Waals surface area (Å²) in [6, 6.07) is 19.1. The van der Waals surface area contributed by atoms with Crippen LogP contribution >= 0.6 is 0 Å². The third-order valence-corrected chi connectivity index (χ3v) is 9.22. The summed E-state index contributed by atoms with van der Waals surface area (Å²) in [6.07, 6.45) is 0.0148. The molecule has 1 aromatic heterocycles. The molecule has 4 aromatic rings. The number of para-hydroxylation sites is 1. The van der Waals surface area contributed by atoms with Gasteiger partial charge in [-0.3, -0.25) is 9.69 Å². The van der Waals surface area contributed by atoms with Crippen LogP contribution < -0.4 is 10.5 Å². The molecule has 0 saturated carbocycles. The van der Waals surface area contributed by atoms with Crippen molar-refractivity contribution in [3.63, 3.8) is 0 Å². The van der Waals surface area contributed by atoms with Crippen molar-refractivity contribution in [1.82, 2.24) is 19.0 Å². The molecule has 1 aliphatic heterocycles. The van der Waals surface area contributed by atoms with Gasteiger partial charge in [-0.15, -0.1) is 0 Å². The van der Waals surface area contributed by atoms with Crippen molar-refractivity contribution in [2.24, 2.45) is 0 Å². The number of carbonyl (C=O) groups is 1. The Morgan fingerprint density at radius 1 is 1.08 bits per heavy atom. The molecule has 39 heavy (non-hydrogen) atoms. The number of hydrogen-bond donors (Lipinski definition) is 1. The van der Waals surface area contributed by atoms with Crippen LogP contribution in [0.4, 0.5) is 10.2 Å². The molecule has 2 atom stereocenters. The number of methoxy groups -OCH3 is 1. The molecule has 2 unspecified atom stereocenters. The standard InChI is InChI=1S/C28H30FN5O4S/c1-32(2)24-17-19(15-16-33(24)39(36,37)23-14-8-10-18-9-4-5-11-20(18)23)26-25(29)27(30)34(31-26)28(35)21-12-6-7-13-22(21)38-3/h4-14,19,24H,15-17,30H2,1-3H3. The van der Waals surface area contributed by atoms with Gasteiger partial charge in [-0.1, -0.05) is 48.5 Å². The number of benzene rings is 3. The van der Waals surface area contributed by atoms with Gasteiger partial charge in [0.15, 0.2) is 11.6 Å². The lowest BCUT2D eigenvalue weighted by atomic mass is 9.92. The number of rotatable bonds is 6. The molecule has 0 radical (unpaired) electrons. The first-order chi connectivity index (χ1) is 18.6. The number of halogens is 1. The van der Waals surface area contributed by atoms with Gasteiger partial charge >= 0.3 is 0 Å². The van der Waals surface area contributed by atoms with E-state index in [9.17, 15) is 13.2 Å². The maximum absolute atomic E-state index is 15.4. The van der Waals surface area contributed by atoms with Crippen molar-refractivity contribution in [3.05, 3.63) is 83.8 Å². The number of fused-ring (bicyclic) bond motifs is 1. The van der Waals surface area contributed by atoms with Crippen LogP contribution in [-0.4, -0.2) is 67.2 Å². The van der Waals surface area contributed by atoms with Crippen molar-refractivity contribution >= 4 is 32.5 Å². The van der Waals surface area contributed by atoms with Gasteiger partial charge in [-0.25, -0.2) is 12.8 Å². The molecule has 3 aromatic carbocycles. The lowest BCUT2D eigenvalue weighted by molar-refractivity contribution is 0.0939. The number of hydrogen-bond acceptors (Lipinski definition) is 7. The molecule has 9 nitrogen and oxygen atoms in total. The van der Waals surface area contributed by atoms with E-state index in [1.165, 1.54) is 11.4 Å². The lowest BCUT2D eigenvalue weighted by Gasteiger charge is -2.41. The average Bonchev–Trinajstić information content (AvgIpc) is 3.25. The highest BCUT2D eigenvalue weighted by Crippen LogP contribution is 2.38. The van der Waals surface area contributed by atoms with Gasteiger partial charge in [0, 0.05) is 17.8 Å². The van der Waals surface area contributed by atoms with Gasteiger partial charge in [0.2, 0.25) is 10.0 Å². The number of anilines is 1. The van der Waals surface area contributed by atoms with Crippen LogP contribution in [0.3, 0.4) is 0 Å². The first kappa shape index (κ1) is 26.8. The predicted octanol–water partition coefficient (Wildman–Crippen LogP) is 3.91. The number of ether oxygens (including phenoxy) is 1. The van der Waals surface area contributed by atoms with E-state index < -0.39 is 39.6 Å². The monoisotopic (exact) mass is 551 g/mol. The van der Waals surface area contributed by atoms with Gasteiger partial charge < -0.3 is 10.5 Å². The highest BCUT2D eigenvalue weighted by molar-refractivity contribution is 7.89. The maximum atomic E-state index is 15.4. The second-order valence-corrected chi connectivity index (χ2v) is 11.6. The van der Waals surface area contributed by atoms with E-state index in [-0.39, 0.29) is 29.1 Å². The molecule has 5 rings (SSSR count). The summed E-state index contributed by atoms with van der Waals surface area (Å²) in [6.45, 7) is 0.145.